The molecule has 2 heterocycles. The summed E-state index contributed by atoms with van der Waals surface area (Å²) in [5.74, 6) is 0. The van der Waals surface area contributed by atoms with Crippen molar-refractivity contribution in [1.82, 2.24) is 19.9 Å². The van der Waals surface area contributed by atoms with Crippen LogP contribution in [0.5, 0.6) is 0 Å². The first-order valence-corrected chi connectivity index (χ1v) is 5.85. The maximum absolute atomic E-state index is 5.87. The number of hydrogen-bond donors (Lipinski definition) is 1. The summed E-state index contributed by atoms with van der Waals surface area (Å²) in [5, 5.41) is 8.36. The van der Waals surface area contributed by atoms with Crippen LogP contribution in [-0.2, 0) is 12.1 Å². The lowest BCUT2D eigenvalue weighted by atomic mass is 10.1. The number of hydrogen-bond acceptors (Lipinski definition) is 4. The zero-order valence-electron chi connectivity index (χ0n) is 10.8. The molecule has 0 unspecified atom stereocenters. The van der Waals surface area contributed by atoms with E-state index in [1.54, 1.807) is 0 Å². The van der Waals surface area contributed by atoms with E-state index >= 15 is 0 Å². The van der Waals surface area contributed by atoms with Crippen LogP contribution in [0, 0.1) is 0 Å². The monoisotopic (exact) mass is 259 g/mol. The molecule has 2 rings (SSSR count). The lowest BCUT2D eigenvalue weighted by Gasteiger charge is -2.17. The Kier molecular flexibility index (Phi) is 4.52. The highest BCUT2D eigenvalue weighted by atomic mass is 35.5. The van der Waals surface area contributed by atoms with Crippen LogP contribution in [0.3, 0.4) is 0 Å². The molecule has 1 aromatic rings. The van der Waals surface area contributed by atoms with E-state index in [1.807, 2.05) is 10.9 Å². The predicted octanol–water partition coefficient (Wildman–Crippen LogP) is 0.988. The summed E-state index contributed by atoms with van der Waals surface area (Å²) in [5.41, 5.74) is 6.91. The minimum atomic E-state index is 0. The van der Waals surface area contributed by atoms with Crippen LogP contribution >= 0.6 is 12.4 Å². The van der Waals surface area contributed by atoms with Crippen LogP contribution in [0.1, 0.15) is 32.9 Å². The molecule has 1 aliphatic rings. The Morgan fingerprint density at radius 2 is 2.18 bits per heavy atom. The average Bonchev–Trinajstić information content (AvgIpc) is 2.74. The number of rotatable bonds is 2. The Morgan fingerprint density at radius 3 is 2.65 bits per heavy atom. The smallest absolute Gasteiger partial charge is 0.0967 e. The van der Waals surface area contributed by atoms with Gasteiger partial charge in [0.05, 0.1) is 17.4 Å². The molecule has 2 N–H and O–H groups in total. The summed E-state index contributed by atoms with van der Waals surface area (Å²) in [6.45, 7) is 9.28. The molecule has 0 aromatic carbocycles. The van der Waals surface area contributed by atoms with Gasteiger partial charge in [-0.1, -0.05) is 5.21 Å². The fourth-order valence-electron chi connectivity index (χ4n) is 1.93. The van der Waals surface area contributed by atoms with Crippen molar-refractivity contribution in [3.05, 3.63) is 11.9 Å². The molecule has 5 nitrogen and oxygen atoms in total. The molecule has 0 saturated carbocycles. The van der Waals surface area contributed by atoms with Gasteiger partial charge in [0.15, 0.2) is 0 Å². The van der Waals surface area contributed by atoms with Gasteiger partial charge in [-0.15, -0.1) is 17.5 Å². The second kappa shape index (κ2) is 5.33. The third-order valence-electron chi connectivity index (χ3n) is 2.92. The maximum atomic E-state index is 5.87. The predicted molar refractivity (Wildman–Crippen MR) is 70.1 cm³/mol. The lowest BCUT2D eigenvalue weighted by molar-refractivity contribution is 0.322. The molecule has 1 aromatic heterocycles. The minimum absolute atomic E-state index is 0. The van der Waals surface area contributed by atoms with Crippen molar-refractivity contribution in [2.75, 3.05) is 13.1 Å². The molecule has 17 heavy (non-hydrogen) atoms. The summed E-state index contributed by atoms with van der Waals surface area (Å²) in [7, 11) is 0. The normalized spacial score (nSPS) is 21.5. The van der Waals surface area contributed by atoms with Crippen LogP contribution in [0.4, 0.5) is 0 Å². The summed E-state index contributed by atoms with van der Waals surface area (Å²) >= 11 is 0. The topological polar surface area (TPSA) is 60.0 Å². The fraction of sp³-hybridized carbons (Fsp3) is 0.818. The number of likely N-dealkylation sites (tertiary alicyclic amines) is 1. The molecule has 0 aliphatic carbocycles. The van der Waals surface area contributed by atoms with Gasteiger partial charge in [-0.25, -0.2) is 4.68 Å². The summed E-state index contributed by atoms with van der Waals surface area (Å²) < 4.78 is 1.92. The Bertz CT molecular complexity index is 357. The van der Waals surface area contributed by atoms with Gasteiger partial charge >= 0.3 is 0 Å². The zero-order chi connectivity index (χ0) is 11.8. The minimum Gasteiger partial charge on any atom is -0.326 e. The van der Waals surface area contributed by atoms with Gasteiger partial charge in [-0.3, -0.25) is 4.90 Å². The second-order valence-electron chi connectivity index (χ2n) is 5.61. The van der Waals surface area contributed by atoms with Crippen molar-refractivity contribution in [1.29, 1.82) is 0 Å². The SMILES string of the molecule is CC(C)(C)n1cc(CN2CC[C@H](N)C2)nn1.Cl. The van der Waals surface area contributed by atoms with E-state index < -0.39 is 0 Å². The average molecular weight is 260 g/mol. The number of halogens is 1. The van der Waals surface area contributed by atoms with E-state index in [9.17, 15) is 0 Å². The van der Waals surface area contributed by atoms with Gasteiger partial charge in [-0.2, -0.15) is 0 Å². The summed E-state index contributed by atoms with van der Waals surface area (Å²) in [4.78, 5) is 2.34. The molecule has 0 spiro atoms. The van der Waals surface area contributed by atoms with Crippen molar-refractivity contribution in [3.8, 4) is 0 Å². The Morgan fingerprint density at radius 1 is 1.47 bits per heavy atom. The lowest BCUT2D eigenvalue weighted by Crippen LogP contribution is -2.26. The maximum Gasteiger partial charge on any atom is 0.0967 e. The van der Waals surface area contributed by atoms with E-state index in [2.05, 4.69) is 36.0 Å². The van der Waals surface area contributed by atoms with Crippen LogP contribution < -0.4 is 5.73 Å². The highest BCUT2D eigenvalue weighted by Crippen LogP contribution is 2.14. The molecule has 0 radical (unpaired) electrons. The first-order valence-electron chi connectivity index (χ1n) is 5.85. The Balaban J connectivity index is 0.00000144. The van der Waals surface area contributed by atoms with Gasteiger partial charge in [0.1, 0.15) is 0 Å². The third-order valence-corrected chi connectivity index (χ3v) is 2.92. The molecule has 0 amide bonds. The van der Waals surface area contributed by atoms with Crippen LogP contribution in [0.15, 0.2) is 6.20 Å². The van der Waals surface area contributed by atoms with E-state index in [0.717, 1.165) is 31.7 Å². The van der Waals surface area contributed by atoms with E-state index in [1.165, 1.54) is 0 Å². The third kappa shape index (κ3) is 3.66. The van der Waals surface area contributed by atoms with Gasteiger partial charge in [0.25, 0.3) is 0 Å². The van der Waals surface area contributed by atoms with Gasteiger partial charge < -0.3 is 5.73 Å². The quantitative estimate of drug-likeness (QED) is 0.861. The molecule has 0 bridgehead atoms. The molecular formula is C11H22ClN5. The second-order valence-corrected chi connectivity index (χ2v) is 5.61. The summed E-state index contributed by atoms with van der Waals surface area (Å²) in [6.07, 6.45) is 3.12. The fourth-order valence-corrected chi connectivity index (χ4v) is 1.93. The molecule has 1 aliphatic heterocycles. The zero-order valence-corrected chi connectivity index (χ0v) is 11.6. The van der Waals surface area contributed by atoms with Crippen LogP contribution in [-0.4, -0.2) is 39.0 Å². The molecule has 1 saturated heterocycles. The molecule has 1 fully saturated rings. The van der Waals surface area contributed by atoms with Crippen molar-refractivity contribution < 1.29 is 0 Å². The standard InChI is InChI=1S/C11H21N5.ClH/c1-11(2,3)16-8-10(13-14-16)7-15-5-4-9(12)6-15;/h8-9H,4-7,12H2,1-3H3;1H/t9-;/m0./s1. The molecule has 1 atom stereocenters. The Labute approximate surface area is 109 Å². The molecule has 98 valence electrons. The highest BCUT2D eigenvalue weighted by molar-refractivity contribution is 5.85. The van der Waals surface area contributed by atoms with E-state index in [4.69, 9.17) is 5.73 Å². The van der Waals surface area contributed by atoms with Crippen LogP contribution in [0.25, 0.3) is 0 Å². The van der Waals surface area contributed by atoms with Crippen molar-refractivity contribution in [2.24, 2.45) is 5.73 Å². The Hall–Kier alpha value is -0.650. The highest BCUT2D eigenvalue weighted by Gasteiger charge is 2.21. The molecule has 6 heteroatoms. The van der Waals surface area contributed by atoms with Crippen LogP contribution in [0.2, 0.25) is 0 Å². The van der Waals surface area contributed by atoms with Gasteiger partial charge in [0.2, 0.25) is 0 Å². The van der Waals surface area contributed by atoms with Gasteiger partial charge in [0, 0.05) is 25.7 Å². The number of nitrogens with zero attached hydrogens (tertiary/aromatic N) is 4. The van der Waals surface area contributed by atoms with Crippen molar-refractivity contribution in [3.63, 3.8) is 0 Å². The number of aromatic nitrogens is 3. The molecular weight excluding hydrogens is 238 g/mol. The first-order chi connectivity index (χ1) is 7.45. The van der Waals surface area contributed by atoms with E-state index in [-0.39, 0.29) is 17.9 Å². The van der Waals surface area contributed by atoms with E-state index in [0.29, 0.717) is 6.04 Å². The van der Waals surface area contributed by atoms with Gasteiger partial charge in [-0.05, 0) is 27.2 Å². The van der Waals surface area contributed by atoms with Crippen molar-refractivity contribution >= 4 is 12.4 Å². The largest absolute Gasteiger partial charge is 0.326 e. The van der Waals surface area contributed by atoms with Crippen molar-refractivity contribution in [2.45, 2.75) is 45.3 Å². The number of nitrogens with two attached hydrogens (primary N) is 1. The first kappa shape index (κ1) is 14.4. The summed E-state index contributed by atoms with van der Waals surface area (Å²) in [6, 6.07) is 0.331.